The van der Waals surface area contributed by atoms with E-state index in [1.165, 1.54) is 0 Å². The first-order valence-corrected chi connectivity index (χ1v) is 3.93. The van der Waals surface area contributed by atoms with Gasteiger partial charge in [-0.15, -0.1) is 0 Å². The van der Waals surface area contributed by atoms with Gasteiger partial charge in [0, 0.05) is 20.3 Å². The van der Waals surface area contributed by atoms with Gasteiger partial charge in [-0.25, -0.2) is 4.98 Å². The zero-order valence-electron chi connectivity index (χ0n) is 7.81. The first kappa shape index (κ1) is 9.44. The Hall–Kier alpha value is -1.65. The highest BCUT2D eigenvalue weighted by atomic mass is 15.3. The van der Waals surface area contributed by atoms with Crippen molar-refractivity contribution in [3.63, 3.8) is 0 Å². The molecule has 0 amide bonds. The van der Waals surface area contributed by atoms with Crippen molar-refractivity contribution in [3.05, 3.63) is 23.9 Å². The zero-order valence-corrected chi connectivity index (χ0v) is 7.81. The van der Waals surface area contributed by atoms with Gasteiger partial charge in [-0.1, -0.05) is 11.3 Å². The molecule has 0 saturated heterocycles. The number of hydrogen-bond acceptors (Lipinski definition) is 4. The third-order valence-corrected chi connectivity index (χ3v) is 1.60. The number of nitrogens with zero attached hydrogens (tertiary/aromatic N) is 4. The van der Waals surface area contributed by atoms with Crippen LogP contribution in [-0.2, 0) is 6.54 Å². The zero-order chi connectivity index (χ0) is 9.68. The van der Waals surface area contributed by atoms with Crippen LogP contribution in [-0.4, -0.2) is 19.1 Å². The number of aromatic nitrogens is 1. The molecule has 70 valence electrons. The lowest BCUT2D eigenvalue weighted by Gasteiger charge is -2.10. The monoisotopic (exact) mass is 179 g/mol. The lowest BCUT2D eigenvalue weighted by atomic mass is 10.3. The standard InChI is InChI=1S/C8H13N5/c1-13(2)8-4-3-7(5-10-8)6-11-12-9/h3-5H,6H2,1-2H3,(H2,9,11). The molecule has 1 rings (SSSR count). The summed E-state index contributed by atoms with van der Waals surface area (Å²) in [6.07, 6.45) is 1.77. The highest BCUT2D eigenvalue weighted by Crippen LogP contribution is 2.08. The number of pyridine rings is 1. The van der Waals surface area contributed by atoms with Crippen LogP contribution in [0.5, 0.6) is 0 Å². The number of rotatable bonds is 3. The van der Waals surface area contributed by atoms with E-state index in [0.717, 1.165) is 11.4 Å². The van der Waals surface area contributed by atoms with Crippen molar-refractivity contribution in [2.75, 3.05) is 19.0 Å². The molecule has 0 spiro atoms. The lowest BCUT2D eigenvalue weighted by Crippen LogP contribution is -2.10. The molecule has 0 atom stereocenters. The predicted octanol–water partition coefficient (Wildman–Crippen LogP) is 0.974. The molecule has 0 unspecified atom stereocenters. The van der Waals surface area contributed by atoms with E-state index < -0.39 is 0 Å². The average molecular weight is 179 g/mol. The minimum atomic E-state index is 0.483. The first-order valence-electron chi connectivity index (χ1n) is 3.93. The minimum absolute atomic E-state index is 0.483. The van der Waals surface area contributed by atoms with Crippen molar-refractivity contribution in [2.24, 2.45) is 16.2 Å². The van der Waals surface area contributed by atoms with E-state index in [1.807, 2.05) is 31.1 Å². The molecule has 0 saturated carbocycles. The quantitative estimate of drug-likeness (QED) is 0.427. The summed E-state index contributed by atoms with van der Waals surface area (Å²) in [5, 5.41) is 6.84. The Kier molecular flexibility index (Phi) is 3.19. The van der Waals surface area contributed by atoms with Crippen LogP contribution in [0.3, 0.4) is 0 Å². The maximum Gasteiger partial charge on any atom is 0.127 e. The number of anilines is 1. The molecule has 13 heavy (non-hydrogen) atoms. The molecule has 1 aromatic heterocycles. The summed E-state index contributed by atoms with van der Waals surface area (Å²) in [7, 11) is 3.89. The van der Waals surface area contributed by atoms with Crippen LogP contribution < -0.4 is 10.7 Å². The van der Waals surface area contributed by atoms with E-state index in [2.05, 4.69) is 15.3 Å². The molecule has 1 heterocycles. The van der Waals surface area contributed by atoms with Gasteiger partial charge in [0.1, 0.15) is 5.82 Å². The van der Waals surface area contributed by atoms with Gasteiger partial charge in [-0.05, 0) is 11.6 Å². The van der Waals surface area contributed by atoms with Gasteiger partial charge in [-0.3, -0.25) is 0 Å². The third kappa shape index (κ3) is 2.70. The second-order valence-corrected chi connectivity index (χ2v) is 2.83. The van der Waals surface area contributed by atoms with Gasteiger partial charge in [0.05, 0.1) is 6.54 Å². The topological polar surface area (TPSA) is 66.9 Å². The average Bonchev–Trinajstić information content (AvgIpc) is 2.15. The summed E-state index contributed by atoms with van der Waals surface area (Å²) in [4.78, 5) is 6.15. The second-order valence-electron chi connectivity index (χ2n) is 2.83. The smallest absolute Gasteiger partial charge is 0.127 e. The van der Waals surface area contributed by atoms with Crippen LogP contribution in [0.15, 0.2) is 28.7 Å². The van der Waals surface area contributed by atoms with Crippen molar-refractivity contribution >= 4 is 5.82 Å². The second kappa shape index (κ2) is 4.39. The molecule has 0 aliphatic carbocycles. The van der Waals surface area contributed by atoms with Gasteiger partial charge in [0.15, 0.2) is 0 Å². The summed E-state index contributed by atoms with van der Waals surface area (Å²) in [5.74, 6) is 5.81. The maximum atomic E-state index is 4.88. The normalized spacial score (nSPS) is 10.6. The van der Waals surface area contributed by atoms with E-state index in [-0.39, 0.29) is 0 Å². The van der Waals surface area contributed by atoms with E-state index in [9.17, 15) is 0 Å². The minimum Gasteiger partial charge on any atom is -0.363 e. The molecule has 0 fully saturated rings. The van der Waals surface area contributed by atoms with Crippen LogP contribution in [0.4, 0.5) is 5.82 Å². The van der Waals surface area contributed by atoms with Gasteiger partial charge >= 0.3 is 0 Å². The van der Waals surface area contributed by atoms with E-state index >= 15 is 0 Å². The van der Waals surface area contributed by atoms with Crippen molar-refractivity contribution < 1.29 is 0 Å². The molecule has 1 aromatic rings. The summed E-state index contributed by atoms with van der Waals surface area (Å²) in [6.45, 7) is 0.483. The third-order valence-electron chi connectivity index (χ3n) is 1.60. The van der Waals surface area contributed by atoms with Gasteiger partial charge in [-0.2, -0.15) is 5.11 Å². The van der Waals surface area contributed by atoms with Crippen LogP contribution in [0, 0.1) is 0 Å². The molecule has 5 heteroatoms. The molecular weight excluding hydrogens is 166 g/mol. The van der Waals surface area contributed by atoms with E-state index in [4.69, 9.17) is 5.84 Å². The Bertz CT molecular complexity index is 277. The molecular formula is C8H13N5. The number of nitrogens with two attached hydrogens (primary N) is 1. The Balaban J connectivity index is 2.69. The first-order chi connectivity index (χ1) is 6.24. The molecule has 0 radical (unpaired) electrons. The fraction of sp³-hybridized carbons (Fsp3) is 0.375. The summed E-state index contributed by atoms with van der Waals surface area (Å²) < 4.78 is 0. The maximum absolute atomic E-state index is 4.88. The fourth-order valence-electron chi connectivity index (χ4n) is 0.897. The Morgan fingerprint density at radius 2 is 2.23 bits per heavy atom. The highest BCUT2D eigenvalue weighted by Gasteiger charge is 1.96. The van der Waals surface area contributed by atoms with Crippen molar-refractivity contribution in [1.82, 2.24) is 4.98 Å². The highest BCUT2D eigenvalue weighted by molar-refractivity contribution is 5.36. The van der Waals surface area contributed by atoms with Gasteiger partial charge < -0.3 is 10.7 Å². The number of hydrogen-bond donors (Lipinski definition) is 1. The predicted molar refractivity (Wildman–Crippen MR) is 51.3 cm³/mol. The molecule has 0 aliphatic rings. The van der Waals surface area contributed by atoms with Crippen LogP contribution in [0.2, 0.25) is 0 Å². The van der Waals surface area contributed by atoms with Crippen molar-refractivity contribution in [1.29, 1.82) is 0 Å². The van der Waals surface area contributed by atoms with Crippen LogP contribution >= 0.6 is 0 Å². The fourth-order valence-corrected chi connectivity index (χ4v) is 0.897. The van der Waals surface area contributed by atoms with Crippen LogP contribution in [0.25, 0.3) is 0 Å². The lowest BCUT2D eigenvalue weighted by molar-refractivity contribution is 0.886. The molecule has 5 nitrogen and oxygen atoms in total. The van der Waals surface area contributed by atoms with E-state index in [0.29, 0.717) is 6.54 Å². The Morgan fingerprint density at radius 1 is 1.46 bits per heavy atom. The van der Waals surface area contributed by atoms with E-state index in [1.54, 1.807) is 6.20 Å². The SMILES string of the molecule is CN(C)c1ccc(CN=NN)cn1. The Labute approximate surface area is 77.3 Å². The summed E-state index contributed by atoms with van der Waals surface area (Å²) >= 11 is 0. The Morgan fingerprint density at radius 3 is 2.69 bits per heavy atom. The largest absolute Gasteiger partial charge is 0.363 e. The molecule has 2 N–H and O–H groups in total. The van der Waals surface area contributed by atoms with Crippen LogP contribution in [0.1, 0.15) is 5.56 Å². The summed E-state index contributed by atoms with van der Waals surface area (Å²) in [5.41, 5.74) is 1.000. The summed E-state index contributed by atoms with van der Waals surface area (Å²) in [6, 6.07) is 3.89. The molecule has 0 bridgehead atoms. The van der Waals surface area contributed by atoms with Crippen molar-refractivity contribution in [2.45, 2.75) is 6.54 Å². The van der Waals surface area contributed by atoms with Gasteiger partial charge in [0.25, 0.3) is 0 Å². The molecule has 0 aliphatic heterocycles. The van der Waals surface area contributed by atoms with Gasteiger partial charge in [0.2, 0.25) is 0 Å². The molecule has 0 aromatic carbocycles. The van der Waals surface area contributed by atoms with Crippen molar-refractivity contribution in [3.8, 4) is 0 Å².